The maximum absolute atomic E-state index is 12.1. The van der Waals surface area contributed by atoms with Crippen LogP contribution < -0.4 is 5.43 Å². The fourth-order valence-corrected chi connectivity index (χ4v) is 0.987. The van der Waals surface area contributed by atoms with E-state index in [1.807, 2.05) is 5.43 Å². The number of nitrogens with one attached hydrogen (secondary N) is 1. The molecule has 0 radical (unpaired) electrons. The highest BCUT2D eigenvalue weighted by atomic mass is 79.9. The molecule has 1 aromatic heterocycles. The zero-order chi connectivity index (χ0) is 12.2. The lowest BCUT2D eigenvalue weighted by Gasteiger charge is -2.14. The molecule has 1 unspecified atom stereocenters. The van der Waals surface area contributed by atoms with Crippen molar-refractivity contribution in [1.82, 2.24) is 10.4 Å². The van der Waals surface area contributed by atoms with E-state index in [2.05, 4.69) is 26.0 Å². The third kappa shape index (κ3) is 4.18. The molecule has 0 saturated carbocycles. The molecule has 0 bridgehead atoms. The highest BCUT2D eigenvalue weighted by Gasteiger charge is 2.35. The molecule has 88 valence electrons. The standard InChI is InChI=1S/C9H9BrF3N3/c1-6(9(11,12)13)16-15-5-8-3-2-7(10)4-14-8/h2-6,16H,1H3/b15-5+. The zero-order valence-electron chi connectivity index (χ0n) is 8.29. The first-order valence-corrected chi connectivity index (χ1v) is 5.16. The van der Waals surface area contributed by atoms with Gasteiger partial charge in [-0.1, -0.05) is 0 Å². The van der Waals surface area contributed by atoms with Gasteiger partial charge in [0.05, 0.1) is 11.9 Å². The summed E-state index contributed by atoms with van der Waals surface area (Å²) in [5.74, 6) is 0. The number of nitrogens with zero attached hydrogens (tertiary/aromatic N) is 2. The number of alkyl halides is 3. The first-order valence-electron chi connectivity index (χ1n) is 4.36. The molecule has 0 aromatic carbocycles. The second-order valence-electron chi connectivity index (χ2n) is 3.05. The summed E-state index contributed by atoms with van der Waals surface area (Å²) >= 11 is 3.19. The summed E-state index contributed by atoms with van der Waals surface area (Å²) in [5, 5.41) is 3.46. The minimum Gasteiger partial charge on any atom is -0.298 e. The maximum atomic E-state index is 12.1. The van der Waals surface area contributed by atoms with E-state index in [0.29, 0.717) is 5.69 Å². The van der Waals surface area contributed by atoms with Crippen LogP contribution in [-0.4, -0.2) is 23.4 Å². The van der Waals surface area contributed by atoms with Gasteiger partial charge in [-0.05, 0) is 35.0 Å². The van der Waals surface area contributed by atoms with E-state index < -0.39 is 12.2 Å². The molecule has 0 aliphatic carbocycles. The third-order valence-electron chi connectivity index (χ3n) is 1.71. The Morgan fingerprint density at radius 1 is 1.50 bits per heavy atom. The molecule has 0 saturated heterocycles. The van der Waals surface area contributed by atoms with Crippen molar-refractivity contribution in [2.24, 2.45) is 5.10 Å². The van der Waals surface area contributed by atoms with E-state index >= 15 is 0 Å². The van der Waals surface area contributed by atoms with Crippen LogP contribution in [0.2, 0.25) is 0 Å². The minimum atomic E-state index is -4.30. The van der Waals surface area contributed by atoms with Gasteiger partial charge in [0, 0.05) is 10.7 Å². The summed E-state index contributed by atoms with van der Waals surface area (Å²) in [5.41, 5.74) is 2.46. The van der Waals surface area contributed by atoms with E-state index in [1.54, 1.807) is 12.1 Å². The Bertz CT molecular complexity index is 361. The predicted molar refractivity (Wildman–Crippen MR) is 58.2 cm³/mol. The second-order valence-corrected chi connectivity index (χ2v) is 3.97. The number of pyridine rings is 1. The van der Waals surface area contributed by atoms with Gasteiger partial charge in [-0.15, -0.1) is 0 Å². The van der Waals surface area contributed by atoms with Gasteiger partial charge in [0.15, 0.2) is 0 Å². The van der Waals surface area contributed by atoms with E-state index in [9.17, 15) is 13.2 Å². The number of rotatable bonds is 3. The number of halogens is 4. The van der Waals surface area contributed by atoms with Crippen LogP contribution in [0.5, 0.6) is 0 Å². The van der Waals surface area contributed by atoms with Crippen molar-refractivity contribution in [3.8, 4) is 0 Å². The normalized spacial score (nSPS) is 14.1. The summed E-state index contributed by atoms with van der Waals surface area (Å²) < 4.78 is 37.0. The maximum Gasteiger partial charge on any atom is 0.409 e. The molecule has 1 atom stereocenters. The summed E-state index contributed by atoms with van der Waals surface area (Å²) in [6.45, 7) is 0.992. The van der Waals surface area contributed by atoms with E-state index in [1.165, 1.54) is 12.4 Å². The SMILES string of the molecule is CC(N/N=C/c1ccc(Br)cn1)C(F)(F)F. The summed E-state index contributed by atoms with van der Waals surface area (Å²) in [7, 11) is 0. The van der Waals surface area contributed by atoms with Crippen LogP contribution in [0.25, 0.3) is 0 Å². The lowest BCUT2D eigenvalue weighted by molar-refractivity contribution is -0.151. The lowest BCUT2D eigenvalue weighted by Crippen LogP contribution is -2.36. The largest absolute Gasteiger partial charge is 0.409 e. The average molecular weight is 296 g/mol. The first kappa shape index (κ1) is 13.0. The van der Waals surface area contributed by atoms with Gasteiger partial charge in [0.2, 0.25) is 0 Å². The highest BCUT2D eigenvalue weighted by Crippen LogP contribution is 2.19. The number of hydrogen-bond acceptors (Lipinski definition) is 3. The lowest BCUT2D eigenvalue weighted by atomic mass is 10.3. The van der Waals surface area contributed by atoms with Gasteiger partial charge in [-0.25, -0.2) is 0 Å². The van der Waals surface area contributed by atoms with Crippen LogP contribution in [0.3, 0.4) is 0 Å². The Morgan fingerprint density at radius 3 is 2.69 bits per heavy atom. The van der Waals surface area contributed by atoms with Crippen molar-refractivity contribution in [1.29, 1.82) is 0 Å². The van der Waals surface area contributed by atoms with Gasteiger partial charge in [0.25, 0.3) is 0 Å². The van der Waals surface area contributed by atoms with Crippen molar-refractivity contribution in [3.05, 3.63) is 28.5 Å². The van der Waals surface area contributed by atoms with Crippen LogP contribution in [-0.2, 0) is 0 Å². The highest BCUT2D eigenvalue weighted by molar-refractivity contribution is 9.10. The molecule has 1 rings (SSSR count). The molecule has 3 nitrogen and oxygen atoms in total. The summed E-state index contributed by atoms with van der Waals surface area (Å²) in [6, 6.07) is 1.67. The Labute approximate surface area is 98.9 Å². The van der Waals surface area contributed by atoms with Crippen molar-refractivity contribution < 1.29 is 13.2 Å². The van der Waals surface area contributed by atoms with Crippen LogP contribution in [0.1, 0.15) is 12.6 Å². The van der Waals surface area contributed by atoms with E-state index in [4.69, 9.17) is 0 Å². The Kier molecular flexibility index (Phi) is 4.28. The molecular weight excluding hydrogens is 287 g/mol. The minimum absolute atomic E-state index is 0.477. The Hall–Kier alpha value is -1.11. The Morgan fingerprint density at radius 2 is 2.19 bits per heavy atom. The van der Waals surface area contributed by atoms with Crippen LogP contribution in [0.4, 0.5) is 13.2 Å². The number of hydrazone groups is 1. The van der Waals surface area contributed by atoms with Crippen molar-refractivity contribution in [2.45, 2.75) is 19.1 Å². The fourth-order valence-electron chi connectivity index (χ4n) is 0.752. The quantitative estimate of drug-likeness (QED) is 0.688. The van der Waals surface area contributed by atoms with Crippen LogP contribution in [0.15, 0.2) is 27.9 Å². The van der Waals surface area contributed by atoms with Gasteiger partial charge < -0.3 is 0 Å². The second kappa shape index (κ2) is 5.29. The van der Waals surface area contributed by atoms with Crippen molar-refractivity contribution >= 4 is 22.1 Å². The summed E-state index contributed by atoms with van der Waals surface area (Å²) in [4.78, 5) is 3.92. The van der Waals surface area contributed by atoms with Gasteiger partial charge in [-0.2, -0.15) is 18.3 Å². The molecule has 16 heavy (non-hydrogen) atoms. The predicted octanol–water partition coefficient (Wildman–Crippen LogP) is 2.72. The van der Waals surface area contributed by atoms with Gasteiger partial charge >= 0.3 is 6.18 Å². The zero-order valence-corrected chi connectivity index (χ0v) is 9.88. The molecule has 0 aliphatic rings. The van der Waals surface area contributed by atoms with Crippen LogP contribution in [0, 0.1) is 0 Å². The van der Waals surface area contributed by atoms with Gasteiger partial charge in [0.1, 0.15) is 6.04 Å². The number of hydrogen-bond donors (Lipinski definition) is 1. The smallest absolute Gasteiger partial charge is 0.298 e. The van der Waals surface area contributed by atoms with Gasteiger partial charge in [-0.3, -0.25) is 10.4 Å². The fraction of sp³-hybridized carbons (Fsp3) is 0.333. The monoisotopic (exact) mass is 295 g/mol. The molecule has 1 N–H and O–H groups in total. The molecule has 0 fully saturated rings. The molecule has 0 aliphatic heterocycles. The van der Waals surface area contributed by atoms with Crippen LogP contribution >= 0.6 is 15.9 Å². The van der Waals surface area contributed by atoms with E-state index in [0.717, 1.165) is 11.4 Å². The first-order chi connectivity index (χ1) is 7.39. The topological polar surface area (TPSA) is 37.3 Å². The molecule has 7 heteroatoms. The Balaban J connectivity index is 2.52. The molecule has 0 amide bonds. The molecule has 1 aromatic rings. The summed E-state index contributed by atoms with van der Waals surface area (Å²) in [6.07, 6.45) is -1.53. The molecular formula is C9H9BrF3N3. The van der Waals surface area contributed by atoms with E-state index in [-0.39, 0.29) is 0 Å². The molecule has 0 spiro atoms. The average Bonchev–Trinajstić information content (AvgIpc) is 2.19. The molecule has 1 heterocycles. The van der Waals surface area contributed by atoms with Crippen molar-refractivity contribution in [2.75, 3.05) is 0 Å². The van der Waals surface area contributed by atoms with Crippen molar-refractivity contribution in [3.63, 3.8) is 0 Å². The number of aromatic nitrogens is 1. The third-order valence-corrected chi connectivity index (χ3v) is 2.18.